The Morgan fingerprint density at radius 1 is 0.971 bits per heavy atom. The van der Waals surface area contributed by atoms with Crippen LogP contribution in [0.25, 0.3) is 0 Å². The lowest BCUT2D eigenvalue weighted by Crippen LogP contribution is -2.56. The van der Waals surface area contributed by atoms with Crippen molar-refractivity contribution in [1.29, 1.82) is 0 Å². The molecule has 2 saturated heterocycles. The van der Waals surface area contributed by atoms with Gasteiger partial charge in [0.05, 0.1) is 19.3 Å². The summed E-state index contributed by atoms with van der Waals surface area (Å²) in [6.07, 6.45) is 6.04. The lowest BCUT2D eigenvalue weighted by atomic mass is 9.62. The van der Waals surface area contributed by atoms with Crippen LogP contribution in [0.3, 0.4) is 0 Å². The molecule has 2 atom stereocenters. The molecule has 0 spiro atoms. The zero-order chi connectivity index (χ0) is 23.4. The summed E-state index contributed by atoms with van der Waals surface area (Å²) >= 11 is 6.24. The number of nitrogens with zero attached hydrogens (tertiary/aromatic N) is 2. The van der Waals surface area contributed by atoms with Crippen molar-refractivity contribution in [2.45, 2.75) is 56.3 Å². The third-order valence-electron chi connectivity index (χ3n) is 7.89. The molecule has 0 N–H and O–H groups in total. The van der Waals surface area contributed by atoms with Crippen molar-refractivity contribution in [3.8, 4) is 0 Å². The van der Waals surface area contributed by atoms with Gasteiger partial charge >= 0.3 is 0 Å². The Morgan fingerprint density at radius 2 is 1.76 bits per heavy atom. The van der Waals surface area contributed by atoms with Crippen LogP contribution in [0.15, 0.2) is 54.6 Å². The van der Waals surface area contributed by atoms with Crippen molar-refractivity contribution in [3.63, 3.8) is 0 Å². The van der Waals surface area contributed by atoms with Crippen LogP contribution in [-0.4, -0.2) is 67.4 Å². The summed E-state index contributed by atoms with van der Waals surface area (Å²) in [6.45, 7) is 4.40. The maximum atomic E-state index is 13.0. The van der Waals surface area contributed by atoms with E-state index >= 15 is 0 Å². The molecule has 34 heavy (non-hydrogen) atoms. The summed E-state index contributed by atoms with van der Waals surface area (Å²) < 4.78 is 12.3. The first kappa shape index (κ1) is 23.8. The van der Waals surface area contributed by atoms with Gasteiger partial charge < -0.3 is 14.4 Å². The van der Waals surface area contributed by atoms with Crippen LogP contribution in [0, 0.1) is 0 Å². The van der Waals surface area contributed by atoms with Gasteiger partial charge in [-0.2, -0.15) is 0 Å². The van der Waals surface area contributed by atoms with E-state index in [2.05, 4.69) is 41.3 Å². The Balaban J connectivity index is 1.05. The second-order valence-electron chi connectivity index (χ2n) is 9.99. The highest BCUT2D eigenvalue weighted by Gasteiger charge is 2.39. The van der Waals surface area contributed by atoms with Gasteiger partial charge in [-0.3, -0.25) is 9.69 Å². The van der Waals surface area contributed by atoms with Crippen molar-refractivity contribution in [2.24, 2.45) is 0 Å². The fraction of sp³-hybridized carbons (Fsp3) is 0.536. The summed E-state index contributed by atoms with van der Waals surface area (Å²) in [4.78, 5) is 17.4. The van der Waals surface area contributed by atoms with Gasteiger partial charge in [0.25, 0.3) is 0 Å². The average Bonchev–Trinajstić information content (AvgIpc) is 2.85. The molecule has 0 aromatic heterocycles. The van der Waals surface area contributed by atoms with E-state index in [0.29, 0.717) is 19.6 Å². The van der Waals surface area contributed by atoms with Gasteiger partial charge in [-0.05, 0) is 47.9 Å². The molecule has 1 amide bonds. The first-order chi connectivity index (χ1) is 16.6. The van der Waals surface area contributed by atoms with E-state index in [1.54, 1.807) is 0 Å². The minimum Gasteiger partial charge on any atom is -0.371 e. The molecule has 3 fully saturated rings. The number of hydrogen-bond acceptors (Lipinski definition) is 4. The van der Waals surface area contributed by atoms with Crippen LogP contribution in [0.4, 0.5) is 0 Å². The number of ether oxygens (including phenoxy) is 2. The number of piperazine rings is 1. The zero-order valence-corrected chi connectivity index (χ0v) is 20.6. The van der Waals surface area contributed by atoms with Crippen molar-refractivity contribution in [2.75, 3.05) is 39.4 Å². The van der Waals surface area contributed by atoms with Crippen molar-refractivity contribution in [3.05, 3.63) is 70.7 Å². The van der Waals surface area contributed by atoms with E-state index in [4.69, 9.17) is 21.1 Å². The molecule has 5 nitrogen and oxygen atoms in total. The Hall–Kier alpha value is -1.92. The molecule has 2 aliphatic heterocycles. The number of benzene rings is 2. The van der Waals surface area contributed by atoms with Gasteiger partial charge in [0.15, 0.2) is 0 Å². The maximum absolute atomic E-state index is 13.0. The molecular formula is C28H35ClN2O3. The molecule has 2 aromatic rings. The van der Waals surface area contributed by atoms with Gasteiger partial charge in [0.1, 0.15) is 6.23 Å². The SMILES string of the molecule is O=C(CCC1(c2cccc(Cl)c2)CCC1)N1CCN(C2COC(Cc3ccccc3)CO2)CC1. The highest BCUT2D eigenvalue weighted by atomic mass is 35.5. The zero-order valence-electron chi connectivity index (χ0n) is 19.8. The maximum Gasteiger partial charge on any atom is 0.222 e. The molecule has 0 radical (unpaired) electrons. The Kier molecular flexibility index (Phi) is 7.55. The first-order valence-corrected chi connectivity index (χ1v) is 13.0. The van der Waals surface area contributed by atoms with E-state index in [1.165, 1.54) is 17.5 Å². The summed E-state index contributed by atoms with van der Waals surface area (Å²) in [5.74, 6) is 0.275. The smallest absolute Gasteiger partial charge is 0.222 e. The van der Waals surface area contributed by atoms with Crippen molar-refractivity contribution < 1.29 is 14.3 Å². The molecule has 1 aliphatic carbocycles. The molecule has 2 heterocycles. The molecular weight excluding hydrogens is 448 g/mol. The van der Waals surface area contributed by atoms with Gasteiger partial charge in [0.2, 0.25) is 5.91 Å². The number of halogens is 1. The lowest BCUT2D eigenvalue weighted by Gasteiger charge is -2.44. The van der Waals surface area contributed by atoms with Crippen molar-refractivity contribution in [1.82, 2.24) is 9.80 Å². The number of hydrogen-bond donors (Lipinski definition) is 0. The van der Waals surface area contributed by atoms with E-state index in [1.807, 2.05) is 23.1 Å². The Morgan fingerprint density at radius 3 is 2.41 bits per heavy atom. The topological polar surface area (TPSA) is 42.0 Å². The average molecular weight is 483 g/mol. The summed E-state index contributed by atoms with van der Waals surface area (Å²) in [6, 6.07) is 18.6. The van der Waals surface area contributed by atoms with Crippen LogP contribution < -0.4 is 0 Å². The molecule has 3 aliphatic rings. The molecule has 1 saturated carbocycles. The summed E-state index contributed by atoms with van der Waals surface area (Å²) in [7, 11) is 0. The third kappa shape index (κ3) is 5.49. The fourth-order valence-electron chi connectivity index (χ4n) is 5.61. The molecule has 0 bridgehead atoms. The Bertz CT molecular complexity index is 949. The van der Waals surface area contributed by atoms with E-state index in [-0.39, 0.29) is 23.7 Å². The predicted octanol–water partition coefficient (Wildman–Crippen LogP) is 4.67. The first-order valence-electron chi connectivity index (χ1n) is 12.7. The Labute approximate surface area is 208 Å². The van der Waals surface area contributed by atoms with Crippen LogP contribution in [0.5, 0.6) is 0 Å². The summed E-state index contributed by atoms with van der Waals surface area (Å²) in [5, 5.41) is 0.784. The minimum absolute atomic E-state index is 0.00893. The summed E-state index contributed by atoms with van der Waals surface area (Å²) in [5.41, 5.74) is 2.70. The molecule has 2 unspecified atom stereocenters. The van der Waals surface area contributed by atoms with Gasteiger partial charge in [0, 0.05) is 44.0 Å². The molecule has 2 aromatic carbocycles. The molecule has 182 valence electrons. The van der Waals surface area contributed by atoms with Gasteiger partial charge in [-0.1, -0.05) is 60.5 Å². The van der Waals surface area contributed by atoms with E-state index < -0.39 is 0 Å². The quantitative estimate of drug-likeness (QED) is 0.575. The van der Waals surface area contributed by atoms with E-state index in [9.17, 15) is 4.79 Å². The van der Waals surface area contributed by atoms with Gasteiger partial charge in [-0.15, -0.1) is 0 Å². The monoisotopic (exact) mass is 482 g/mol. The van der Waals surface area contributed by atoms with Gasteiger partial charge in [-0.25, -0.2) is 0 Å². The van der Waals surface area contributed by atoms with Crippen LogP contribution in [-0.2, 0) is 26.1 Å². The standard InChI is InChI=1S/C28H35ClN2O3/c29-24-9-4-8-23(19-24)28(11-5-12-28)13-10-26(32)30-14-16-31(17-15-30)27-21-33-25(20-34-27)18-22-6-2-1-3-7-22/h1-4,6-9,19,25,27H,5,10-18,20-21H2. The fourth-order valence-corrected chi connectivity index (χ4v) is 5.80. The normalized spacial score (nSPS) is 25.0. The predicted molar refractivity (Wildman–Crippen MR) is 134 cm³/mol. The number of carbonyl (C=O) groups excluding carboxylic acids is 1. The molecule has 5 rings (SSSR count). The van der Waals surface area contributed by atoms with Crippen molar-refractivity contribution >= 4 is 17.5 Å². The second kappa shape index (κ2) is 10.8. The highest BCUT2D eigenvalue weighted by Crippen LogP contribution is 2.47. The van der Waals surface area contributed by atoms with Crippen LogP contribution >= 0.6 is 11.6 Å². The largest absolute Gasteiger partial charge is 0.371 e. The highest BCUT2D eigenvalue weighted by molar-refractivity contribution is 6.30. The lowest BCUT2D eigenvalue weighted by molar-refractivity contribution is -0.190. The number of rotatable bonds is 7. The van der Waals surface area contributed by atoms with Crippen LogP contribution in [0.2, 0.25) is 5.02 Å². The number of carbonyl (C=O) groups is 1. The molecule has 6 heteroatoms. The van der Waals surface area contributed by atoms with Crippen LogP contribution in [0.1, 0.15) is 43.2 Å². The minimum atomic E-state index is -0.00893. The number of amides is 1. The van der Waals surface area contributed by atoms with E-state index in [0.717, 1.165) is 56.9 Å². The second-order valence-corrected chi connectivity index (χ2v) is 10.4. The third-order valence-corrected chi connectivity index (χ3v) is 8.13.